The van der Waals surface area contributed by atoms with Crippen molar-refractivity contribution in [1.82, 2.24) is 10.3 Å². The smallest absolute Gasteiger partial charge is 0.271 e. The van der Waals surface area contributed by atoms with Crippen molar-refractivity contribution < 1.29 is 14.6 Å². The summed E-state index contributed by atoms with van der Waals surface area (Å²) in [4.78, 5) is 17.3. The molecular formula is C26H27BrN4O3. The highest BCUT2D eigenvalue weighted by atomic mass is 79.9. The Morgan fingerprint density at radius 3 is 2.47 bits per heavy atom. The number of benzene rings is 3. The number of anilines is 1. The van der Waals surface area contributed by atoms with E-state index in [0.29, 0.717) is 21.3 Å². The van der Waals surface area contributed by atoms with Crippen LogP contribution in [0, 0.1) is 0 Å². The van der Waals surface area contributed by atoms with Crippen LogP contribution in [0.4, 0.5) is 5.69 Å². The van der Waals surface area contributed by atoms with Crippen LogP contribution in [0.25, 0.3) is 0 Å². The zero-order chi connectivity index (χ0) is 23.9. The van der Waals surface area contributed by atoms with E-state index in [2.05, 4.69) is 60.5 Å². The molecule has 1 aliphatic heterocycles. The van der Waals surface area contributed by atoms with Gasteiger partial charge in [0.25, 0.3) is 5.91 Å². The number of halogens is 1. The van der Waals surface area contributed by atoms with Crippen molar-refractivity contribution >= 4 is 33.7 Å². The van der Waals surface area contributed by atoms with Gasteiger partial charge < -0.3 is 14.7 Å². The normalized spacial score (nSPS) is 14.4. The fourth-order valence-electron chi connectivity index (χ4n) is 3.88. The average Bonchev–Trinajstić information content (AvgIpc) is 2.87. The lowest BCUT2D eigenvalue weighted by molar-refractivity contribution is 0.0955. The Hall–Kier alpha value is -3.36. The molecule has 1 heterocycles. The lowest BCUT2D eigenvalue weighted by Crippen LogP contribution is -2.45. The highest BCUT2D eigenvalue weighted by Gasteiger charge is 2.17. The van der Waals surface area contributed by atoms with Gasteiger partial charge >= 0.3 is 0 Å². The second-order valence-electron chi connectivity index (χ2n) is 8.05. The molecule has 3 aromatic carbocycles. The van der Waals surface area contributed by atoms with Gasteiger partial charge in [-0.2, -0.15) is 5.10 Å². The minimum atomic E-state index is -0.288. The Morgan fingerprint density at radius 1 is 1.09 bits per heavy atom. The molecule has 1 amide bonds. The topological polar surface area (TPSA) is 77.4 Å². The van der Waals surface area contributed by atoms with E-state index in [0.717, 1.165) is 32.7 Å². The van der Waals surface area contributed by atoms with Crippen molar-refractivity contribution in [3.8, 4) is 11.5 Å². The highest BCUT2D eigenvalue weighted by molar-refractivity contribution is 9.10. The molecule has 1 aliphatic rings. The Balaban J connectivity index is 1.28. The number of aromatic hydroxyl groups is 1. The summed E-state index contributed by atoms with van der Waals surface area (Å²) in [5.74, 6) is 0.0464. The number of carbonyl (C=O) groups is 1. The van der Waals surface area contributed by atoms with Crippen molar-refractivity contribution in [2.75, 3.05) is 38.2 Å². The minimum Gasteiger partial charge on any atom is -0.503 e. The van der Waals surface area contributed by atoms with E-state index in [1.807, 2.05) is 30.3 Å². The zero-order valence-corrected chi connectivity index (χ0v) is 20.5. The van der Waals surface area contributed by atoms with E-state index in [-0.39, 0.29) is 11.7 Å². The van der Waals surface area contributed by atoms with Gasteiger partial charge in [-0.15, -0.1) is 0 Å². The van der Waals surface area contributed by atoms with Crippen LogP contribution in [0.3, 0.4) is 0 Å². The summed E-state index contributed by atoms with van der Waals surface area (Å²) in [6.07, 6.45) is 1.49. The maximum Gasteiger partial charge on any atom is 0.271 e. The van der Waals surface area contributed by atoms with E-state index in [1.54, 1.807) is 12.1 Å². The molecule has 0 spiro atoms. The number of nitrogens with zero attached hydrogens (tertiary/aromatic N) is 3. The Kier molecular flexibility index (Phi) is 7.82. The summed E-state index contributed by atoms with van der Waals surface area (Å²) < 4.78 is 5.60. The first-order valence-electron chi connectivity index (χ1n) is 11.0. The number of nitrogens with one attached hydrogen (secondary N) is 1. The van der Waals surface area contributed by atoms with E-state index in [1.165, 1.54) is 24.6 Å². The lowest BCUT2D eigenvalue weighted by Gasteiger charge is -2.36. The minimum absolute atomic E-state index is 0.0156. The van der Waals surface area contributed by atoms with Crippen molar-refractivity contribution in [1.29, 1.82) is 0 Å². The van der Waals surface area contributed by atoms with Gasteiger partial charge in [-0.1, -0.05) is 30.3 Å². The highest BCUT2D eigenvalue weighted by Crippen LogP contribution is 2.34. The molecular weight excluding hydrogens is 496 g/mol. The van der Waals surface area contributed by atoms with Gasteiger partial charge in [0.05, 0.1) is 17.8 Å². The first kappa shape index (κ1) is 23.8. The number of rotatable bonds is 7. The number of piperazine rings is 1. The molecule has 0 atom stereocenters. The Morgan fingerprint density at radius 2 is 1.79 bits per heavy atom. The lowest BCUT2D eigenvalue weighted by atomic mass is 10.1. The molecule has 1 fully saturated rings. The van der Waals surface area contributed by atoms with Gasteiger partial charge in [0.2, 0.25) is 0 Å². The first-order valence-corrected chi connectivity index (χ1v) is 11.8. The quantitative estimate of drug-likeness (QED) is 0.358. The molecule has 0 unspecified atom stereocenters. The summed E-state index contributed by atoms with van der Waals surface area (Å²) in [6.45, 7) is 4.88. The molecule has 0 aromatic heterocycles. The number of phenols is 1. The molecule has 7 nitrogen and oxygen atoms in total. The van der Waals surface area contributed by atoms with Crippen LogP contribution in [-0.2, 0) is 6.54 Å². The molecule has 34 heavy (non-hydrogen) atoms. The third kappa shape index (κ3) is 5.95. The maximum atomic E-state index is 12.4. The van der Waals surface area contributed by atoms with Crippen LogP contribution in [-0.4, -0.2) is 55.4 Å². The summed E-state index contributed by atoms with van der Waals surface area (Å²) in [6, 6.07) is 21.4. The molecule has 2 N–H and O–H groups in total. The SMILES string of the molecule is COc1cc(/C=N\NC(=O)c2ccc(CN3CCN(c4ccccc4)CC3)cc2)cc(Br)c1O. The van der Waals surface area contributed by atoms with Crippen LogP contribution in [0.1, 0.15) is 21.5 Å². The number of methoxy groups -OCH3 is 1. The molecule has 176 valence electrons. The van der Waals surface area contributed by atoms with Crippen LogP contribution in [0.5, 0.6) is 11.5 Å². The second-order valence-corrected chi connectivity index (χ2v) is 8.90. The van der Waals surface area contributed by atoms with Crippen molar-refractivity contribution in [3.05, 3.63) is 87.9 Å². The number of amides is 1. The summed E-state index contributed by atoms with van der Waals surface area (Å²) in [5, 5.41) is 13.9. The number of phenolic OH excluding ortho intramolecular Hbond substituents is 1. The summed E-state index contributed by atoms with van der Waals surface area (Å²) in [7, 11) is 1.47. The number of hydrogen-bond donors (Lipinski definition) is 2. The fraction of sp³-hybridized carbons (Fsp3) is 0.231. The van der Waals surface area contributed by atoms with Gasteiger partial charge in [-0.05, 0) is 63.5 Å². The monoisotopic (exact) mass is 522 g/mol. The third-order valence-electron chi connectivity index (χ3n) is 5.77. The maximum absolute atomic E-state index is 12.4. The van der Waals surface area contributed by atoms with Crippen LogP contribution in [0.2, 0.25) is 0 Å². The molecule has 1 saturated heterocycles. The Labute approximate surface area is 207 Å². The van der Waals surface area contributed by atoms with Gasteiger partial charge in [0.15, 0.2) is 11.5 Å². The number of ether oxygens (including phenoxy) is 1. The average molecular weight is 523 g/mol. The molecule has 3 aromatic rings. The largest absolute Gasteiger partial charge is 0.503 e. The van der Waals surface area contributed by atoms with Crippen LogP contribution < -0.4 is 15.1 Å². The third-order valence-corrected chi connectivity index (χ3v) is 6.37. The standard InChI is InChI=1S/C26H27BrN4O3/c1-34-24-16-20(15-23(27)25(24)32)17-28-29-26(33)21-9-7-19(8-10-21)18-30-11-13-31(14-12-30)22-5-3-2-4-6-22/h2-10,15-17,32H,11-14,18H2,1H3,(H,29,33)/b28-17-. The summed E-state index contributed by atoms with van der Waals surface area (Å²) in [5.41, 5.74) is 6.20. The van der Waals surface area contributed by atoms with Gasteiger partial charge in [0.1, 0.15) is 0 Å². The molecule has 8 heteroatoms. The number of carbonyl (C=O) groups excluding carboxylic acids is 1. The number of hydrogen-bond acceptors (Lipinski definition) is 6. The first-order chi connectivity index (χ1) is 16.5. The number of hydrazone groups is 1. The van der Waals surface area contributed by atoms with E-state index < -0.39 is 0 Å². The fourth-order valence-corrected chi connectivity index (χ4v) is 4.34. The predicted octanol–water partition coefficient (Wildman–Crippen LogP) is 4.25. The van der Waals surface area contributed by atoms with Gasteiger partial charge in [0, 0.05) is 44.0 Å². The molecule has 0 bridgehead atoms. The molecule has 0 saturated carbocycles. The summed E-state index contributed by atoms with van der Waals surface area (Å²) >= 11 is 3.27. The van der Waals surface area contributed by atoms with Gasteiger partial charge in [-0.3, -0.25) is 9.69 Å². The van der Waals surface area contributed by atoms with Crippen molar-refractivity contribution in [2.45, 2.75) is 6.54 Å². The molecule has 0 radical (unpaired) electrons. The zero-order valence-electron chi connectivity index (χ0n) is 18.9. The van der Waals surface area contributed by atoms with E-state index in [4.69, 9.17) is 4.74 Å². The second kappa shape index (κ2) is 11.2. The van der Waals surface area contributed by atoms with E-state index >= 15 is 0 Å². The molecule has 0 aliphatic carbocycles. The number of para-hydroxylation sites is 1. The van der Waals surface area contributed by atoms with Crippen LogP contribution in [0.15, 0.2) is 76.3 Å². The van der Waals surface area contributed by atoms with Crippen LogP contribution >= 0.6 is 15.9 Å². The van der Waals surface area contributed by atoms with E-state index in [9.17, 15) is 9.90 Å². The Bertz CT molecular complexity index is 1140. The van der Waals surface area contributed by atoms with Gasteiger partial charge in [-0.25, -0.2) is 5.43 Å². The van der Waals surface area contributed by atoms with Crippen molar-refractivity contribution in [3.63, 3.8) is 0 Å². The molecule has 4 rings (SSSR count). The predicted molar refractivity (Wildman–Crippen MR) is 138 cm³/mol. The van der Waals surface area contributed by atoms with Crippen molar-refractivity contribution in [2.24, 2.45) is 5.10 Å².